The molecule has 0 radical (unpaired) electrons. The topological polar surface area (TPSA) is 63.7 Å². The molecule has 1 atom stereocenters. The Morgan fingerprint density at radius 2 is 1.61 bits per heavy atom. The fourth-order valence-corrected chi connectivity index (χ4v) is 4.84. The average Bonchev–Trinajstić information content (AvgIpc) is 2.81. The molecule has 0 fully saturated rings. The Hall–Kier alpha value is -2.75. The molecule has 5 nitrogen and oxygen atoms in total. The summed E-state index contributed by atoms with van der Waals surface area (Å²) in [7, 11) is -4.50. The van der Waals surface area contributed by atoms with E-state index >= 15 is 0 Å². The Morgan fingerprint density at radius 1 is 1.00 bits per heavy atom. The lowest BCUT2D eigenvalue weighted by Gasteiger charge is -2.29. The molecule has 0 aliphatic heterocycles. The number of amides is 1. The molecule has 0 spiro atoms. The van der Waals surface area contributed by atoms with E-state index in [2.05, 4.69) is 0 Å². The molecule has 0 aliphatic carbocycles. The number of carbonyl (C=O) groups excluding carboxylic acids is 1. The lowest BCUT2D eigenvalue weighted by atomic mass is 10.1. The first-order valence-corrected chi connectivity index (χ1v) is 12.9. The molecular formula is C25H22Cl2F3NO4S. The lowest BCUT2D eigenvalue weighted by molar-refractivity contribution is -0.137. The number of halogens is 5. The molecule has 1 unspecified atom stereocenters. The van der Waals surface area contributed by atoms with Gasteiger partial charge in [-0.3, -0.25) is 4.79 Å². The van der Waals surface area contributed by atoms with Crippen molar-refractivity contribution in [2.24, 2.45) is 0 Å². The SMILES string of the molecule is CCC(C)N(Cc1ccc(OS(=O)(=O)c2cccc(C(F)(F)F)c2)cc1)C(=O)c1cc(Cl)cc(Cl)c1. The van der Waals surface area contributed by atoms with Crippen LogP contribution in [0.1, 0.15) is 41.8 Å². The van der Waals surface area contributed by atoms with Crippen LogP contribution in [0.4, 0.5) is 13.2 Å². The molecule has 0 bridgehead atoms. The molecule has 0 aliphatic rings. The number of hydrogen-bond acceptors (Lipinski definition) is 4. The monoisotopic (exact) mass is 559 g/mol. The van der Waals surface area contributed by atoms with Crippen LogP contribution in [-0.4, -0.2) is 25.3 Å². The maximum atomic E-state index is 13.2. The largest absolute Gasteiger partial charge is 0.416 e. The first kappa shape index (κ1) is 27.8. The summed E-state index contributed by atoms with van der Waals surface area (Å²) in [4.78, 5) is 14.2. The number of nitrogens with zero attached hydrogens (tertiary/aromatic N) is 1. The van der Waals surface area contributed by atoms with Crippen LogP contribution >= 0.6 is 23.2 Å². The predicted octanol–water partition coefficient (Wildman–Crippen LogP) is 7.22. The van der Waals surface area contributed by atoms with Gasteiger partial charge in [0.15, 0.2) is 0 Å². The summed E-state index contributed by atoms with van der Waals surface area (Å²) in [5.41, 5.74) is -0.0844. The Bertz CT molecular complexity index is 1330. The van der Waals surface area contributed by atoms with Gasteiger partial charge in [0.25, 0.3) is 5.91 Å². The molecule has 0 aromatic heterocycles. The first-order chi connectivity index (χ1) is 16.8. The van der Waals surface area contributed by atoms with Crippen molar-refractivity contribution >= 4 is 39.2 Å². The number of alkyl halides is 3. The normalized spacial score (nSPS) is 12.8. The van der Waals surface area contributed by atoms with Crippen LogP contribution in [0.2, 0.25) is 10.0 Å². The van der Waals surface area contributed by atoms with E-state index in [4.69, 9.17) is 27.4 Å². The van der Waals surface area contributed by atoms with Gasteiger partial charge >= 0.3 is 16.3 Å². The Balaban J connectivity index is 1.79. The summed E-state index contributed by atoms with van der Waals surface area (Å²) < 4.78 is 68.9. The first-order valence-electron chi connectivity index (χ1n) is 10.8. The molecule has 11 heteroatoms. The minimum absolute atomic E-state index is 0.0841. The van der Waals surface area contributed by atoms with Crippen LogP contribution in [0.15, 0.2) is 71.6 Å². The average molecular weight is 560 g/mol. The van der Waals surface area contributed by atoms with Crippen LogP contribution < -0.4 is 4.18 Å². The molecule has 0 saturated carbocycles. The molecule has 3 aromatic carbocycles. The highest BCUT2D eigenvalue weighted by molar-refractivity contribution is 7.87. The van der Waals surface area contributed by atoms with E-state index in [0.29, 0.717) is 33.7 Å². The second kappa shape index (κ2) is 11.1. The maximum absolute atomic E-state index is 13.2. The van der Waals surface area contributed by atoms with Gasteiger partial charge in [0.05, 0.1) is 5.56 Å². The van der Waals surface area contributed by atoms with Crippen molar-refractivity contribution in [2.75, 3.05) is 0 Å². The molecular weight excluding hydrogens is 538 g/mol. The van der Waals surface area contributed by atoms with Crippen LogP contribution in [0, 0.1) is 0 Å². The molecule has 1 amide bonds. The van der Waals surface area contributed by atoms with Crippen molar-refractivity contribution in [2.45, 2.75) is 43.9 Å². The van der Waals surface area contributed by atoms with Crippen LogP contribution in [0.5, 0.6) is 5.75 Å². The van der Waals surface area contributed by atoms with Gasteiger partial charge in [-0.25, -0.2) is 0 Å². The van der Waals surface area contributed by atoms with Gasteiger partial charge < -0.3 is 9.08 Å². The standard InChI is InChI=1S/C25H22Cl2F3NO4S/c1-3-16(2)31(24(32)18-11-20(26)14-21(27)12-18)15-17-7-9-22(10-8-17)35-36(33,34)23-6-4-5-19(13-23)25(28,29)30/h4-14,16H,3,15H2,1-2H3. The Kier molecular flexibility index (Phi) is 8.59. The zero-order valence-electron chi connectivity index (χ0n) is 19.2. The molecule has 0 saturated heterocycles. The zero-order chi connectivity index (χ0) is 26.7. The number of carbonyl (C=O) groups is 1. The van der Waals surface area contributed by atoms with Crippen molar-refractivity contribution in [3.05, 3.63) is 93.5 Å². The van der Waals surface area contributed by atoms with Gasteiger partial charge in [0, 0.05) is 28.2 Å². The van der Waals surface area contributed by atoms with E-state index < -0.39 is 26.8 Å². The summed E-state index contributed by atoms with van der Waals surface area (Å²) in [5, 5.41) is 0.664. The van der Waals surface area contributed by atoms with Gasteiger partial charge in [-0.05, 0) is 67.4 Å². The van der Waals surface area contributed by atoms with Gasteiger partial charge in [-0.15, -0.1) is 0 Å². The van der Waals surface area contributed by atoms with Crippen molar-refractivity contribution < 1.29 is 30.6 Å². The highest BCUT2D eigenvalue weighted by Gasteiger charge is 2.32. The van der Waals surface area contributed by atoms with Gasteiger partial charge in [0.1, 0.15) is 10.6 Å². The third kappa shape index (κ3) is 6.93. The van der Waals surface area contributed by atoms with Crippen molar-refractivity contribution in [1.82, 2.24) is 4.90 Å². The molecule has 0 N–H and O–H groups in total. The highest BCUT2D eigenvalue weighted by atomic mass is 35.5. The molecule has 3 aromatic rings. The van der Waals surface area contributed by atoms with E-state index in [1.54, 1.807) is 17.0 Å². The predicted molar refractivity (Wildman–Crippen MR) is 132 cm³/mol. The Labute approximate surface area is 217 Å². The summed E-state index contributed by atoms with van der Waals surface area (Å²) in [6.07, 6.45) is -4.01. The molecule has 192 valence electrons. The summed E-state index contributed by atoms with van der Waals surface area (Å²) in [5.74, 6) is -0.361. The van der Waals surface area contributed by atoms with Crippen molar-refractivity contribution in [1.29, 1.82) is 0 Å². The third-order valence-electron chi connectivity index (χ3n) is 5.43. The van der Waals surface area contributed by atoms with E-state index in [1.807, 2.05) is 13.8 Å². The summed E-state index contributed by atoms with van der Waals surface area (Å²) in [6, 6.07) is 13.7. The molecule has 0 heterocycles. The number of rotatable bonds is 8. The van der Waals surface area contributed by atoms with Gasteiger partial charge in [-0.1, -0.05) is 48.3 Å². The number of benzene rings is 3. The second-order valence-corrected chi connectivity index (χ2v) is 10.5. The van der Waals surface area contributed by atoms with E-state index in [-0.39, 0.29) is 24.2 Å². The minimum atomic E-state index is -4.69. The zero-order valence-corrected chi connectivity index (χ0v) is 21.5. The minimum Gasteiger partial charge on any atom is -0.379 e. The lowest BCUT2D eigenvalue weighted by Crippen LogP contribution is -2.37. The van der Waals surface area contributed by atoms with Crippen LogP contribution in [0.25, 0.3) is 0 Å². The van der Waals surface area contributed by atoms with E-state index in [0.717, 1.165) is 18.2 Å². The van der Waals surface area contributed by atoms with E-state index in [1.165, 1.54) is 30.3 Å². The number of hydrogen-bond donors (Lipinski definition) is 0. The van der Waals surface area contributed by atoms with Crippen molar-refractivity contribution in [3.8, 4) is 5.75 Å². The van der Waals surface area contributed by atoms with Crippen LogP contribution in [-0.2, 0) is 22.8 Å². The van der Waals surface area contributed by atoms with Gasteiger partial charge in [0.2, 0.25) is 0 Å². The van der Waals surface area contributed by atoms with Crippen LogP contribution in [0.3, 0.4) is 0 Å². The van der Waals surface area contributed by atoms with E-state index in [9.17, 15) is 26.4 Å². The second-order valence-electron chi connectivity index (χ2n) is 8.06. The fraction of sp³-hybridized carbons (Fsp3) is 0.240. The maximum Gasteiger partial charge on any atom is 0.416 e. The fourth-order valence-electron chi connectivity index (χ4n) is 3.34. The quantitative estimate of drug-likeness (QED) is 0.273. The van der Waals surface area contributed by atoms with Crippen molar-refractivity contribution in [3.63, 3.8) is 0 Å². The summed E-state index contributed by atoms with van der Waals surface area (Å²) in [6.45, 7) is 4.03. The molecule has 36 heavy (non-hydrogen) atoms. The highest BCUT2D eigenvalue weighted by Crippen LogP contribution is 2.31. The van der Waals surface area contributed by atoms with Gasteiger partial charge in [-0.2, -0.15) is 21.6 Å². The third-order valence-corrected chi connectivity index (χ3v) is 7.11. The smallest absolute Gasteiger partial charge is 0.379 e. The molecule has 3 rings (SSSR count). The summed E-state index contributed by atoms with van der Waals surface area (Å²) >= 11 is 12.1. The Morgan fingerprint density at radius 3 is 2.17 bits per heavy atom.